The zero-order chi connectivity index (χ0) is 15.6. The minimum atomic E-state index is -3.84. The van der Waals surface area contributed by atoms with Crippen molar-refractivity contribution in [3.63, 3.8) is 0 Å². The molecule has 2 N–H and O–H groups in total. The van der Waals surface area contributed by atoms with Gasteiger partial charge in [0.2, 0.25) is 15.9 Å². The third-order valence-electron chi connectivity index (χ3n) is 3.46. The summed E-state index contributed by atoms with van der Waals surface area (Å²) in [6.45, 7) is 1.17. The second kappa shape index (κ2) is 6.21. The largest absolute Gasteiger partial charge is 0.399 e. The van der Waals surface area contributed by atoms with Gasteiger partial charge in [-0.25, -0.2) is 8.42 Å². The van der Waals surface area contributed by atoms with Gasteiger partial charge in [-0.1, -0.05) is 11.6 Å². The topological polar surface area (TPSA) is 83.7 Å². The molecule has 0 aliphatic carbocycles. The first-order valence-electron chi connectivity index (χ1n) is 6.61. The van der Waals surface area contributed by atoms with Gasteiger partial charge in [-0.3, -0.25) is 4.79 Å². The average Bonchev–Trinajstić information content (AvgIpc) is 2.95. The summed E-state index contributed by atoms with van der Waals surface area (Å²) in [5.74, 6) is -0.196. The zero-order valence-corrected chi connectivity index (χ0v) is 13.3. The molecule has 1 aromatic rings. The van der Waals surface area contributed by atoms with Gasteiger partial charge < -0.3 is 10.6 Å². The van der Waals surface area contributed by atoms with E-state index in [-0.39, 0.29) is 22.4 Å². The Morgan fingerprint density at radius 1 is 1.38 bits per heavy atom. The van der Waals surface area contributed by atoms with Crippen LogP contribution in [0, 0.1) is 0 Å². The van der Waals surface area contributed by atoms with Crippen LogP contribution in [0.2, 0.25) is 5.02 Å². The Labute approximate surface area is 129 Å². The SMILES string of the molecule is CN(CC(=O)N1CCCC1)S(=O)(=O)c1cc(N)ccc1Cl. The van der Waals surface area contributed by atoms with Crippen molar-refractivity contribution in [3.8, 4) is 0 Å². The molecule has 8 heteroatoms. The van der Waals surface area contributed by atoms with Crippen LogP contribution < -0.4 is 5.73 Å². The number of nitrogens with two attached hydrogens (primary N) is 1. The summed E-state index contributed by atoms with van der Waals surface area (Å²) in [5.41, 5.74) is 5.91. The molecular formula is C13H18ClN3O3S. The number of carbonyl (C=O) groups is 1. The van der Waals surface area contributed by atoms with Gasteiger partial charge in [0.1, 0.15) is 4.90 Å². The van der Waals surface area contributed by atoms with Gasteiger partial charge in [0.05, 0.1) is 11.6 Å². The first-order chi connectivity index (χ1) is 9.82. The van der Waals surface area contributed by atoms with Gasteiger partial charge in [-0.2, -0.15) is 4.31 Å². The second-order valence-corrected chi connectivity index (χ2v) is 7.46. The number of rotatable bonds is 4. The van der Waals surface area contributed by atoms with E-state index in [9.17, 15) is 13.2 Å². The van der Waals surface area contributed by atoms with Crippen molar-refractivity contribution >= 4 is 33.2 Å². The highest BCUT2D eigenvalue weighted by Gasteiger charge is 2.28. The lowest BCUT2D eigenvalue weighted by atomic mass is 10.3. The minimum absolute atomic E-state index is 0.0825. The Hall–Kier alpha value is -1.31. The van der Waals surface area contributed by atoms with Crippen LogP contribution in [0.25, 0.3) is 0 Å². The Morgan fingerprint density at radius 3 is 2.62 bits per heavy atom. The number of carbonyl (C=O) groups excluding carboxylic acids is 1. The summed E-state index contributed by atoms with van der Waals surface area (Å²) >= 11 is 5.93. The molecule has 1 saturated heterocycles. The predicted molar refractivity (Wildman–Crippen MR) is 81.5 cm³/mol. The van der Waals surface area contributed by atoms with Crippen LogP contribution in [-0.4, -0.2) is 50.2 Å². The molecule has 116 valence electrons. The fourth-order valence-electron chi connectivity index (χ4n) is 2.23. The van der Waals surface area contributed by atoms with Crippen molar-refractivity contribution in [2.24, 2.45) is 0 Å². The van der Waals surface area contributed by atoms with E-state index in [1.807, 2.05) is 0 Å². The summed E-state index contributed by atoms with van der Waals surface area (Å²) < 4.78 is 25.9. The van der Waals surface area contributed by atoms with Crippen molar-refractivity contribution in [1.29, 1.82) is 0 Å². The normalized spacial score (nSPS) is 15.7. The molecule has 0 atom stereocenters. The molecule has 0 radical (unpaired) electrons. The molecule has 0 saturated carbocycles. The van der Waals surface area contributed by atoms with E-state index in [2.05, 4.69) is 0 Å². The van der Waals surface area contributed by atoms with Crippen molar-refractivity contribution in [3.05, 3.63) is 23.2 Å². The van der Waals surface area contributed by atoms with Crippen molar-refractivity contribution in [1.82, 2.24) is 9.21 Å². The number of likely N-dealkylation sites (tertiary alicyclic amines) is 1. The zero-order valence-electron chi connectivity index (χ0n) is 11.8. The number of benzene rings is 1. The number of anilines is 1. The number of halogens is 1. The fraction of sp³-hybridized carbons (Fsp3) is 0.462. The number of amides is 1. The van der Waals surface area contributed by atoms with E-state index in [1.165, 1.54) is 25.2 Å². The first kappa shape index (κ1) is 16.1. The molecule has 0 unspecified atom stereocenters. The molecule has 21 heavy (non-hydrogen) atoms. The van der Waals surface area contributed by atoms with Crippen LogP contribution >= 0.6 is 11.6 Å². The van der Waals surface area contributed by atoms with Gasteiger partial charge >= 0.3 is 0 Å². The quantitative estimate of drug-likeness (QED) is 0.839. The lowest BCUT2D eigenvalue weighted by molar-refractivity contribution is -0.130. The molecule has 0 bridgehead atoms. The predicted octanol–water partition coefficient (Wildman–Crippen LogP) is 1.17. The Balaban J connectivity index is 2.18. The number of nitrogens with zero attached hydrogens (tertiary/aromatic N) is 2. The molecular weight excluding hydrogens is 314 g/mol. The van der Waals surface area contributed by atoms with Crippen LogP contribution in [0.4, 0.5) is 5.69 Å². The molecule has 1 aromatic carbocycles. The van der Waals surface area contributed by atoms with Crippen LogP contribution in [-0.2, 0) is 14.8 Å². The van der Waals surface area contributed by atoms with E-state index in [0.717, 1.165) is 17.1 Å². The van der Waals surface area contributed by atoms with E-state index in [4.69, 9.17) is 17.3 Å². The third-order valence-corrected chi connectivity index (χ3v) is 5.75. The fourth-order valence-corrected chi connectivity index (χ4v) is 3.85. The molecule has 1 heterocycles. The molecule has 0 spiro atoms. The average molecular weight is 332 g/mol. The van der Waals surface area contributed by atoms with E-state index < -0.39 is 10.0 Å². The van der Waals surface area contributed by atoms with Crippen molar-refractivity contribution in [2.75, 3.05) is 32.4 Å². The number of hydrogen-bond donors (Lipinski definition) is 1. The van der Waals surface area contributed by atoms with Crippen LogP contribution in [0.5, 0.6) is 0 Å². The highest BCUT2D eigenvalue weighted by atomic mass is 35.5. The van der Waals surface area contributed by atoms with Crippen LogP contribution in [0.15, 0.2) is 23.1 Å². The number of sulfonamides is 1. The molecule has 0 aromatic heterocycles. The van der Waals surface area contributed by atoms with Gasteiger partial charge in [-0.05, 0) is 31.0 Å². The third kappa shape index (κ3) is 3.48. The maximum atomic E-state index is 12.5. The maximum absolute atomic E-state index is 12.5. The summed E-state index contributed by atoms with van der Waals surface area (Å²) in [6, 6.07) is 4.26. The lowest BCUT2D eigenvalue weighted by Crippen LogP contribution is -2.39. The van der Waals surface area contributed by atoms with Crippen LogP contribution in [0.1, 0.15) is 12.8 Å². The highest BCUT2D eigenvalue weighted by molar-refractivity contribution is 7.89. The number of likely N-dealkylation sites (N-methyl/N-ethyl adjacent to an activating group) is 1. The Bertz CT molecular complexity index is 642. The van der Waals surface area contributed by atoms with Crippen LogP contribution in [0.3, 0.4) is 0 Å². The highest BCUT2D eigenvalue weighted by Crippen LogP contribution is 2.26. The Morgan fingerprint density at radius 2 is 2.00 bits per heavy atom. The van der Waals surface area contributed by atoms with Crippen molar-refractivity contribution < 1.29 is 13.2 Å². The Kier molecular flexibility index (Phi) is 4.75. The van der Waals surface area contributed by atoms with Gasteiger partial charge in [0.15, 0.2) is 0 Å². The molecule has 2 rings (SSSR count). The number of hydrogen-bond acceptors (Lipinski definition) is 4. The van der Waals surface area contributed by atoms with E-state index >= 15 is 0 Å². The molecule has 1 aliphatic heterocycles. The maximum Gasteiger partial charge on any atom is 0.244 e. The summed E-state index contributed by atoms with van der Waals surface area (Å²) in [6.07, 6.45) is 1.92. The monoisotopic (exact) mass is 331 g/mol. The summed E-state index contributed by atoms with van der Waals surface area (Å²) in [4.78, 5) is 13.6. The molecule has 6 nitrogen and oxygen atoms in total. The minimum Gasteiger partial charge on any atom is -0.399 e. The van der Waals surface area contributed by atoms with Gasteiger partial charge in [-0.15, -0.1) is 0 Å². The van der Waals surface area contributed by atoms with E-state index in [1.54, 1.807) is 4.90 Å². The van der Waals surface area contributed by atoms with Crippen molar-refractivity contribution in [2.45, 2.75) is 17.7 Å². The molecule has 1 amide bonds. The molecule has 1 fully saturated rings. The summed E-state index contributed by atoms with van der Waals surface area (Å²) in [7, 11) is -2.48. The second-order valence-electron chi connectivity index (χ2n) is 5.04. The van der Waals surface area contributed by atoms with Gasteiger partial charge in [0, 0.05) is 25.8 Å². The summed E-state index contributed by atoms with van der Waals surface area (Å²) in [5, 5.41) is 0.0877. The first-order valence-corrected chi connectivity index (χ1v) is 8.43. The standard InChI is InChI=1S/C13H18ClN3O3S/c1-16(9-13(18)17-6-2-3-7-17)21(19,20)12-8-10(15)4-5-11(12)14/h4-5,8H,2-3,6-7,9,15H2,1H3. The van der Waals surface area contributed by atoms with Gasteiger partial charge in [0.25, 0.3) is 0 Å². The molecule has 1 aliphatic rings. The lowest BCUT2D eigenvalue weighted by Gasteiger charge is -2.21. The smallest absolute Gasteiger partial charge is 0.244 e. The number of nitrogen functional groups attached to an aromatic ring is 1. The van der Waals surface area contributed by atoms with E-state index in [0.29, 0.717) is 18.8 Å².